The van der Waals surface area contributed by atoms with Crippen LogP contribution in [-0.2, 0) is 19.6 Å². The Bertz CT molecular complexity index is 1030. The number of carbonyl (C=O) groups excluding carboxylic acids is 2. The summed E-state index contributed by atoms with van der Waals surface area (Å²) in [6, 6.07) is 12.4. The van der Waals surface area contributed by atoms with E-state index in [0.717, 1.165) is 51.0 Å². The van der Waals surface area contributed by atoms with E-state index in [4.69, 9.17) is 9.47 Å². The molecule has 2 aromatic carbocycles. The third-order valence-corrected chi connectivity index (χ3v) is 7.20. The molecule has 0 spiro atoms. The smallest absolute Gasteiger partial charge is 0.261 e. The summed E-state index contributed by atoms with van der Waals surface area (Å²) in [6.07, 6.45) is 0.882. The lowest BCUT2D eigenvalue weighted by Crippen LogP contribution is -2.37. The van der Waals surface area contributed by atoms with Gasteiger partial charge in [0.25, 0.3) is 10.0 Å². The van der Waals surface area contributed by atoms with Crippen LogP contribution in [-0.4, -0.2) is 69.4 Å². The van der Waals surface area contributed by atoms with Crippen LogP contribution >= 0.6 is 11.8 Å². The number of ketones is 1. The van der Waals surface area contributed by atoms with Crippen LogP contribution < -0.4 is 9.46 Å². The Kier molecular flexibility index (Phi) is 9.30. The summed E-state index contributed by atoms with van der Waals surface area (Å²) >= 11 is 0.942. The van der Waals surface area contributed by atoms with Gasteiger partial charge in [0.05, 0.1) is 30.5 Å². The third kappa shape index (κ3) is 8.15. The molecular weight excluding hydrogens is 464 g/mol. The van der Waals surface area contributed by atoms with Crippen molar-refractivity contribution in [2.24, 2.45) is 0 Å². The molecule has 10 heteroatoms. The van der Waals surface area contributed by atoms with E-state index >= 15 is 0 Å². The molecule has 1 aliphatic heterocycles. The number of carbonyl (C=O) groups is 2. The van der Waals surface area contributed by atoms with Gasteiger partial charge < -0.3 is 9.47 Å². The molecule has 0 amide bonds. The maximum absolute atomic E-state index is 12.7. The molecule has 178 valence electrons. The number of morpholine rings is 1. The number of hydrogen-bond acceptors (Lipinski definition) is 8. The highest BCUT2D eigenvalue weighted by atomic mass is 32.2. The standard InChI is InChI=1S/C23H28N2O6S2/c1-18(26)32-17-23(27)19-3-5-20(6-4-19)24-33(28,29)22-9-7-21(8-10-22)31-14-2-11-25-12-15-30-16-13-25/h3-10,24H,2,11-17H2,1H3. The Balaban J connectivity index is 1.49. The van der Waals surface area contributed by atoms with E-state index in [9.17, 15) is 18.0 Å². The minimum absolute atomic E-state index is 0.0576. The number of Topliss-reactive ketones (excluding diaryl/α,β-unsaturated/α-hetero) is 1. The number of nitrogens with zero attached hydrogens (tertiary/aromatic N) is 1. The second-order valence-electron chi connectivity index (χ2n) is 7.51. The van der Waals surface area contributed by atoms with Gasteiger partial charge in [-0.3, -0.25) is 19.2 Å². The van der Waals surface area contributed by atoms with Crippen LogP contribution in [0.2, 0.25) is 0 Å². The van der Waals surface area contributed by atoms with Gasteiger partial charge in [0.2, 0.25) is 0 Å². The quantitative estimate of drug-likeness (QED) is 0.377. The van der Waals surface area contributed by atoms with Crippen LogP contribution in [0.5, 0.6) is 5.75 Å². The summed E-state index contributed by atoms with van der Waals surface area (Å²) in [7, 11) is -3.78. The first-order valence-electron chi connectivity index (χ1n) is 10.7. The number of hydrogen-bond donors (Lipinski definition) is 1. The third-order valence-electron chi connectivity index (χ3n) is 4.99. The fourth-order valence-corrected chi connectivity index (χ4v) is 4.77. The van der Waals surface area contributed by atoms with Crippen molar-refractivity contribution >= 4 is 38.4 Å². The molecule has 1 saturated heterocycles. The molecule has 0 atom stereocenters. The number of anilines is 1. The van der Waals surface area contributed by atoms with Crippen LogP contribution in [0.1, 0.15) is 23.7 Å². The van der Waals surface area contributed by atoms with Gasteiger partial charge in [-0.1, -0.05) is 11.8 Å². The molecule has 1 aliphatic rings. The Morgan fingerprint density at radius 3 is 2.36 bits per heavy atom. The first-order chi connectivity index (χ1) is 15.8. The molecule has 0 radical (unpaired) electrons. The molecule has 33 heavy (non-hydrogen) atoms. The van der Waals surface area contributed by atoms with E-state index in [-0.39, 0.29) is 21.5 Å². The van der Waals surface area contributed by atoms with Gasteiger partial charge in [-0.05, 0) is 55.0 Å². The largest absolute Gasteiger partial charge is 0.494 e. The lowest BCUT2D eigenvalue weighted by atomic mass is 10.1. The van der Waals surface area contributed by atoms with Crippen molar-refractivity contribution in [2.45, 2.75) is 18.2 Å². The van der Waals surface area contributed by atoms with Crippen molar-refractivity contribution in [1.82, 2.24) is 4.90 Å². The van der Waals surface area contributed by atoms with Crippen LogP contribution in [0.15, 0.2) is 53.4 Å². The number of thioether (sulfide) groups is 1. The van der Waals surface area contributed by atoms with Crippen LogP contribution in [0.3, 0.4) is 0 Å². The maximum Gasteiger partial charge on any atom is 0.261 e. The number of benzene rings is 2. The van der Waals surface area contributed by atoms with Crippen molar-refractivity contribution in [1.29, 1.82) is 0 Å². The van der Waals surface area contributed by atoms with Gasteiger partial charge in [0.1, 0.15) is 5.75 Å². The fraction of sp³-hybridized carbons (Fsp3) is 0.391. The summed E-state index contributed by atoms with van der Waals surface area (Å²) in [5.41, 5.74) is 0.760. The molecule has 3 rings (SSSR count). The van der Waals surface area contributed by atoms with Crippen molar-refractivity contribution in [3.8, 4) is 5.75 Å². The Morgan fingerprint density at radius 2 is 1.73 bits per heavy atom. The first kappa shape index (κ1) is 25.2. The van der Waals surface area contributed by atoms with Gasteiger partial charge in [-0.15, -0.1) is 0 Å². The van der Waals surface area contributed by atoms with Crippen molar-refractivity contribution < 1.29 is 27.5 Å². The van der Waals surface area contributed by atoms with Crippen molar-refractivity contribution in [3.05, 3.63) is 54.1 Å². The second kappa shape index (κ2) is 12.2. The average Bonchev–Trinajstić information content (AvgIpc) is 2.81. The summed E-state index contributed by atoms with van der Waals surface area (Å²) < 4.78 is 38.9. The summed E-state index contributed by atoms with van der Waals surface area (Å²) in [5, 5.41) is -0.128. The highest BCUT2D eigenvalue weighted by molar-refractivity contribution is 8.14. The molecule has 0 saturated carbocycles. The first-order valence-corrected chi connectivity index (χ1v) is 13.1. The maximum atomic E-state index is 12.7. The minimum atomic E-state index is -3.78. The predicted octanol–water partition coefficient (Wildman–Crippen LogP) is 3.05. The molecule has 0 unspecified atom stereocenters. The summed E-state index contributed by atoms with van der Waals surface area (Å²) in [6.45, 7) is 6.33. The highest BCUT2D eigenvalue weighted by Gasteiger charge is 2.15. The Hall–Kier alpha value is -2.40. The van der Waals surface area contributed by atoms with Crippen LogP contribution in [0, 0.1) is 0 Å². The van der Waals surface area contributed by atoms with E-state index in [2.05, 4.69) is 9.62 Å². The summed E-state index contributed by atoms with van der Waals surface area (Å²) in [4.78, 5) is 25.5. The zero-order valence-electron chi connectivity index (χ0n) is 18.5. The SMILES string of the molecule is CC(=O)SCC(=O)c1ccc(NS(=O)(=O)c2ccc(OCCCN3CCOCC3)cc2)cc1. The average molecular weight is 493 g/mol. The predicted molar refractivity (Wildman–Crippen MR) is 129 cm³/mol. The zero-order chi connectivity index (χ0) is 23.7. The molecule has 0 aliphatic carbocycles. The van der Waals surface area contributed by atoms with Crippen LogP contribution in [0.4, 0.5) is 5.69 Å². The van der Waals surface area contributed by atoms with Crippen LogP contribution in [0.25, 0.3) is 0 Å². The van der Waals surface area contributed by atoms with E-state index in [0.29, 0.717) is 23.6 Å². The monoisotopic (exact) mass is 492 g/mol. The van der Waals surface area contributed by atoms with Gasteiger partial charge in [0, 0.05) is 37.8 Å². The topological polar surface area (TPSA) is 102 Å². The molecule has 1 fully saturated rings. The Morgan fingerprint density at radius 1 is 1.06 bits per heavy atom. The molecule has 0 bridgehead atoms. The van der Waals surface area contributed by atoms with Gasteiger partial charge in [-0.2, -0.15) is 0 Å². The van der Waals surface area contributed by atoms with E-state index in [1.165, 1.54) is 43.3 Å². The van der Waals surface area contributed by atoms with E-state index in [1.807, 2.05) is 0 Å². The molecular formula is C23H28N2O6S2. The minimum Gasteiger partial charge on any atom is -0.494 e. The van der Waals surface area contributed by atoms with Crippen molar-refractivity contribution in [3.63, 3.8) is 0 Å². The zero-order valence-corrected chi connectivity index (χ0v) is 20.1. The van der Waals surface area contributed by atoms with Gasteiger partial charge in [0.15, 0.2) is 10.9 Å². The second-order valence-corrected chi connectivity index (χ2v) is 10.3. The van der Waals surface area contributed by atoms with Gasteiger partial charge >= 0.3 is 0 Å². The number of sulfonamides is 1. The molecule has 8 nitrogen and oxygen atoms in total. The molecule has 1 heterocycles. The van der Waals surface area contributed by atoms with Crippen molar-refractivity contribution in [2.75, 3.05) is 49.9 Å². The van der Waals surface area contributed by atoms with Gasteiger partial charge in [-0.25, -0.2) is 8.42 Å². The number of nitrogens with one attached hydrogen (secondary N) is 1. The number of ether oxygens (including phenoxy) is 2. The lowest BCUT2D eigenvalue weighted by molar-refractivity contribution is -0.109. The lowest BCUT2D eigenvalue weighted by Gasteiger charge is -2.26. The van der Waals surface area contributed by atoms with E-state index < -0.39 is 10.0 Å². The molecule has 1 N–H and O–H groups in total. The van der Waals surface area contributed by atoms with E-state index in [1.54, 1.807) is 12.1 Å². The molecule has 2 aromatic rings. The number of rotatable bonds is 11. The normalized spacial score (nSPS) is 14.6. The molecule has 0 aromatic heterocycles. The fourth-order valence-electron chi connectivity index (χ4n) is 3.21. The Labute approximate surface area is 198 Å². The summed E-state index contributed by atoms with van der Waals surface area (Å²) in [5.74, 6) is 0.481. The highest BCUT2D eigenvalue weighted by Crippen LogP contribution is 2.20.